The summed E-state index contributed by atoms with van der Waals surface area (Å²) in [6.07, 6.45) is 5.52. The van der Waals surface area contributed by atoms with Crippen molar-refractivity contribution in [3.8, 4) is 5.75 Å². The fourth-order valence-electron chi connectivity index (χ4n) is 2.49. The SMILES string of the molecule is CCC(C)(CCNc1ncccn1)c1ccccc1OC. The molecule has 1 atom stereocenters. The summed E-state index contributed by atoms with van der Waals surface area (Å²) in [5.74, 6) is 1.63. The van der Waals surface area contributed by atoms with E-state index in [0.717, 1.165) is 25.1 Å². The first-order valence-corrected chi connectivity index (χ1v) is 7.34. The van der Waals surface area contributed by atoms with E-state index < -0.39 is 0 Å². The Balaban J connectivity index is 2.07. The smallest absolute Gasteiger partial charge is 0.222 e. The number of hydrogen-bond acceptors (Lipinski definition) is 4. The molecule has 0 aliphatic carbocycles. The monoisotopic (exact) mass is 285 g/mol. The number of nitrogens with one attached hydrogen (secondary N) is 1. The fourth-order valence-corrected chi connectivity index (χ4v) is 2.49. The van der Waals surface area contributed by atoms with Crippen molar-refractivity contribution in [3.63, 3.8) is 0 Å². The van der Waals surface area contributed by atoms with Crippen LogP contribution in [0.4, 0.5) is 5.95 Å². The van der Waals surface area contributed by atoms with Crippen LogP contribution < -0.4 is 10.1 Å². The van der Waals surface area contributed by atoms with Gasteiger partial charge in [-0.25, -0.2) is 9.97 Å². The van der Waals surface area contributed by atoms with E-state index in [2.05, 4.69) is 41.3 Å². The van der Waals surface area contributed by atoms with Crippen LogP contribution in [0.5, 0.6) is 5.75 Å². The Labute approximate surface area is 126 Å². The molecule has 1 heterocycles. The number of benzene rings is 1. The van der Waals surface area contributed by atoms with Crippen LogP contribution in [0.25, 0.3) is 0 Å². The number of rotatable bonds is 7. The van der Waals surface area contributed by atoms with Gasteiger partial charge in [-0.15, -0.1) is 0 Å². The quantitative estimate of drug-likeness (QED) is 0.843. The summed E-state index contributed by atoms with van der Waals surface area (Å²) in [6.45, 7) is 5.32. The maximum Gasteiger partial charge on any atom is 0.222 e. The highest BCUT2D eigenvalue weighted by atomic mass is 16.5. The van der Waals surface area contributed by atoms with Crippen molar-refractivity contribution in [1.29, 1.82) is 0 Å². The van der Waals surface area contributed by atoms with Crippen molar-refractivity contribution in [2.24, 2.45) is 0 Å². The normalized spacial score (nSPS) is 13.5. The van der Waals surface area contributed by atoms with Crippen molar-refractivity contribution < 1.29 is 4.74 Å². The zero-order valence-electron chi connectivity index (χ0n) is 13.0. The van der Waals surface area contributed by atoms with E-state index in [4.69, 9.17) is 4.74 Å². The molecule has 1 N–H and O–H groups in total. The van der Waals surface area contributed by atoms with Gasteiger partial charge in [0.1, 0.15) is 5.75 Å². The van der Waals surface area contributed by atoms with Gasteiger partial charge < -0.3 is 10.1 Å². The zero-order chi connectivity index (χ0) is 15.1. The Morgan fingerprint density at radius 2 is 1.86 bits per heavy atom. The molecule has 0 saturated heterocycles. The van der Waals surface area contributed by atoms with Crippen LogP contribution in [-0.4, -0.2) is 23.6 Å². The Morgan fingerprint density at radius 3 is 2.52 bits per heavy atom. The average Bonchev–Trinajstić information content (AvgIpc) is 2.55. The van der Waals surface area contributed by atoms with Gasteiger partial charge in [-0.3, -0.25) is 0 Å². The van der Waals surface area contributed by atoms with E-state index in [1.165, 1.54) is 5.56 Å². The number of nitrogens with zero attached hydrogens (tertiary/aromatic N) is 2. The molecule has 0 saturated carbocycles. The molecule has 1 aromatic heterocycles. The maximum absolute atomic E-state index is 5.51. The molecule has 4 nitrogen and oxygen atoms in total. The van der Waals surface area contributed by atoms with E-state index in [9.17, 15) is 0 Å². The van der Waals surface area contributed by atoms with Crippen LogP contribution in [0.15, 0.2) is 42.7 Å². The lowest BCUT2D eigenvalue weighted by Crippen LogP contribution is -2.25. The van der Waals surface area contributed by atoms with Crippen LogP contribution in [0, 0.1) is 0 Å². The molecule has 1 unspecified atom stereocenters. The molecule has 0 bridgehead atoms. The molecule has 2 aromatic rings. The van der Waals surface area contributed by atoms with Crippen molar-refractivity contribution in [3.05, 3.63) is 48.3 Å². The minimum absolute atomic E-state index is 0.0639. The van der Waals surface area contributed by atoms with E-state index in [1.807, 2.05) is 18.2 Å². The van der Waals surface area contributed by atoms with Crippen molar-refractivity contribution in [2.75, 3.05) is 19.0 Å². The van der Waals surface area contributed by atoms with Crippen molar-refractivity contribution >= 4 is 5.95 Å². The predicted octanol–water partition coefficient (Wildman–Crippen LogP) is 3.66. The van der Waals surface area contributed by atoms with Crippen LogP contribution >= 0.6 is 0 Å². The number of aromatic nitrogens is 2. The molecule has 0 radical (unpaired) electrons. The van der Waals surface area contributed by atoms with Gasteiger partial charge in [-0.05, 0) is 30.4 Å². The highest BCUT2D eigenvalue weighted by Gasteiger charge is 2.27. The number of ether oxygens (including phenoxy) is 1. The second kappa shape index (κ2) is 7.07. The maximum atomic E-state index is 5.51. The molecule has 2 rings (SSSR count). The first-order chi connectivity index (χ1) is 10.2. The second-order valence-electron chi connectivity index (χ2n) is 5.36. The van der Waals surface area contributed by atoms with Gasteiger partial charge >= 0.3 is 0 Å². The lowest BCUT2D eigenvalue weighted by Gasteiger charge is -2.30. The van der Waals surface area contributed by atoms with Crippen LogP contribution in [0.2, 0.25) is 0 Å². The first kappa shape index (κ1) is 15.3. The third-order valence-corrected chi connectivity index (χ3v) is 4.06. The Hall–Kier alpha value is -2.10. The summed E-state index contributed by atoms with van der Waals surface area (Å²) in [5, 5.41) is 3.28. The first-order valence-electron chi connectivity index (χ1n) is 7.34. The largest absolute Gasteiger partial charge is 0.496 e. The molecule has 0 spiro atoms. The van der Waals surface area contributed by atoms with Crippen LogP contribution in [0.1, 0.15) is 32.3 Å². The summed E-state index contributed by atoms with van der Waals surface area (Å²) >= 11 is 0. The third-order valence-electron chi connectivity index (χ3n) is 4.06. The highest BCUT2D eigenvalue weighted by molar-refractivity contribution is 5.39. The molecule has 0 aliphatic heterocycles. The average molecular weight is 285 g/mol. The molecule has 4 heteroatoms. The summed E-state index contributed by atoms with van der Waals surface area (Å²) in [5.41, 5.74) is 1.32. The van der Waals surface area contributed by atoms with E-state index in [0.29, 0.717) is 5.95 Å². The summed E-state index contributed by atoms with van der Waals surface area (Å²) in [7, 11) is 1.73. The minimum Gasteiger partial charge on any atom is -0.496 e. The summed E-state index contributed by atoms with van der Waals surface area (Å²) < 4.78 is 5.51. The molecule has 0 fully saturated rings. The molecule has 0 amide bonds. The minimum atomic E-state index is 0.0639. The Kier molecular flexibility index (Phi) is 5.14. The predicted molar refractivity (Wildman–Crippen MR) is 85.8 cm³/mol. The third kappa shape index (κ3) is 3.72. The molecular weight excluding hydrogens is 262 g/mol. The standard InChI is InChI=1S/C17H23N3O/c1-4-17(2,14-8-5-6-9-15(14)21-3)10-13-20-16-18-11-7-12-19-16/h5-9,11-12H,4,10,13H2,1-3H3,(H,18,19,20). The number of methoxy groups -OCH3 is 1. The van der Waals surface area contributed by atoms with E-state index in [-0.39, 0.29) is 5.41 Å². The number of anilines is 1. The van der Waals surface area contributed by atoms with Gasteiger partial charge in [0.15, 0.2) is 0 Å². The van der Waals surface area contributed by atoms with E-state index >= 15 is 0 Å². The number of para-hydroxylation sites is 1. The van der Waals surface area contributed by atoms with Crippen LogP contribution in [-0.2, 0) is 5.41 Å². The van der Waals surface area contributed by atoms with Gasteiger partial charge in [-0.1, -0.05) is 32.0 Å². The van der Waals surface area contributed by atoms with Gasteiger partial charge in [0.05, 0.1) is 7.11 Å². The van der Waals surface area contributed by atoms with Crippen molar-refractivity contribution in [2.45, 2.75) is 32.1 Å². The lowest BCUT2D eigenvalue weighted by molar-refractivity contribution is 0.370. The molecule has 21 heavy (non-hydrogen) atoms. The van der Waals surface area contributed by atoms with Gasteiger partial charge in [0.2, 0.25) is 5.95 Å². The highest BCUT2D eigenvalue weighted by Crippen LogP contribution is 2.36. The zero-order valence-corrected chi connectivity index (χ0v) is 13.0. The molecule has 0 aliphatic rings. The van der Waals surface area contributed by atoms with Gasteiger partial charge in [-0.2, -0.15) is 0 Å². The van der Waals surface area contributed by atoms with Gasteiger partial charge in [0, 0.05) is 24.5 Å². The Bertz CT molecular complexity index is 559. The topological polar surface area (TPSA) is 47.0 Å². The molecular formula is C17H23N3O. The summed E-state index contributed by atoms with van der Waals surface area (Å²) in [4.78, 5) is 8.37. The second-order valence-corrected chi connectivity index (χ2v) is 5.36. The van der Waals surface area contributed by atoms with Gasteiger partial charge in [0.25, 0.3) is 0 Å². The lowest BCUT2D eigenvalue weighted by atomic mass is 9.77. The molecule has 112 valence electrons. The summed E-state index contributed by atoms with van der Waals surface area (Å²) in [6, 6.07) is 10.1. The Morgan fingerprint density at radius 1 is 1.14 bits per heavy atom. The number of hydrogen-bond donors (Lipinski definition) is 1. The van der Waals surface area contributed by atoms with E-state index in [1.54, 1.807) is 19.5 Å². The van der Waals surface area contributed by atoms with Crippen molar-refractivity contribution in [1.82, 2.24) is 9.97 Å². The molecule has 1 aromatic carbocycles. The van der Waals surface area contributed by atoms with Crippen LogP contribution in [0.3, 0.4) is 0 Å². The fraction of sp³-hybridized carbons (Fsp3) is 0.412.